The molecule has 4 heteroatoms. The van der Waals surface area contributed by atoms with E-state index < -0.39 is 0 Å². The lowest BCUT2D eigenvalue weighted by atomic mass is 9.87. The highest BCUT2D eigenvalue weighted by Gasteiger charge is 2.30. The molecule has 0 aliphatic carbocycles. The highest BCUT2D eigenvalue weighted by Crippen LogP contribution is 2.41. The first kappa shape index (κ1) is 20.4. The van der Waals surface area contributed by atoms with E-state index in [2.05, 4.69) is 41.3 Å². The lowest BCUT2D eigenvalue weighted by Gasteiger charge is -2.38. The fourth-order valence-corrected chi connectivity index (χ4v) is 4.44. The summed E-state index contributed by atoms with van der Waals surface area (Å²) in [6.07, 6.45) is 3.03. The van der Waals surface area contributed by atoms with Gasteiger partial charge in [0.2, 0.25) is 0 Å². The summed E-state index contributed by atoms with van der Waals surface area (Å²) in [5.41, 5.74) is 4.73. The van der Waals surface area contributed by atoms with Gasteiger partial charge in [0.1, 0.15) is 5.82 Å². The smallest absolute Gasteiger partial charge is 0.161 e. The molecule has 3 aromatic carbocycles. The Morgan fingerprint density at radius 3 is 2.43 bits per heavy atom. The second-order valence-electron chi connectivity index (χ2n) is 7.74. The zero-order valence-corrected chi connectivity index (χ0v) is 17.6. The van der Waals surface area contributed by atoms with Crippen LogP contribution in [0.25, 0.3) is 0 Å². The van der Waals surface area contributed by atoms with Crippen molar-refractivity contribution in [3.05, 3.63) is 94.8 Å². The zero-order valence-electron chi connectivity index (χ0n) is 17.6. The van der Waals surface area contributed by atoms with Crippen molar-refractivity contribution in [2.45, 2.75) is 25.3 Å². The minimum atomic E-state index is -0.204. The number of nitrogens with zero attached hydrogens (tertiary/aromatic N) is 1. The van der Waals surface area contributed by atoms with E-state index in [9.17, 15) is 4.39 Å². The van der Waals surface area contributed by atoms with Gasteiger partial charge in [-0.25, -0.2) is 4.39 Å². The Morgan fingerprint density at radius 2 is 1.70 bits per heavy atom. The van der Waals surface area contributed by atoms with Crippen molar-refractivity contribution in [2.24, 2.45) is 0 Å². The van der Waals surface area contributed by atoms with E-state index >= 15 is 0 Å². The Kier molecular flexibility index (Phi) is 6.34. The van der Waals surface area contributed by atoms with Crippen molar-refractivity contribution in [3.63, 3.8) is 0 Å². The number of methoxy groups -OCH3 is 2. The monoisotopic (exact) mass is 405 g/mol. The molecule has 0 saturated heterocycles. The number of fused-ring (bicyclic) bond motifs is 1. The van der Waals surface area contributed by atoms with E-state index in [0.717, 1.165) is 43.7 Å². The van der Waals surface area contributed by atoms with Crippen LogP contribution in [0, 0.1) is 5.82 Å². The maximum atomic E-state index is 14.1. The average Bonchev–Trinajstić information content (AvgIpc) is 2.78. The molecular formula is C26H28FNO2. The van der Waals surface area contributed by atoms with Gasteiger partial charge in [0, 0.05) is 6.54 Å². The summed E-state index contributed by atoms with van der Waals surface area (Å²) in [6, 6.07) is 21.7. The van der Waals surface area contributed by atoms with Crippen LogP contribution in [0.1, 0.15) is 34.7 Å². The average molecular weight is 406 g/mol. The summed E-state index contributed by atoms with van der Waals surface area (Å²) < 4.78 is 25.2. The molecule has 0 radical (unpaired) electrons. The molecule has 4 rings (SSSR count). The van der Waals surface area contributed by atoms with Crippen molar-refractivity contribution in [1.82, 2.24) is 4.90 Å². The van der Waals surface area contributed by atoms with Crippen LogP contribution >= 0.6 is 0 Å². The lowest BCUT2D eigenvalue weighted by molar-refractivity contribution is 0.209. The van der Waals surface area contributed by atoms with E-state index in [1.165, 1.54) is 22.8 Å². The third-order valence-electron chi connectivity index (χ3n) is 5.89. The topological polar surface area (TPSA) is 21.7 Å². The van der Waals surface area contributed by atoms with Crippen LogP contribution in [0.2, 0.25) is 0 Å². The molecule has 0 fully saturated rings. The van der Waals surface area contributed by atoms with Gasteiger partial charge in [-0.1, -0.05) is 42.5 Å². The van der Waals surface area contributed by atoms with Gasteiger partial charge in [-0.05, 0) is 72.3 Å². The van der Waals surface area contributed by atoms with Gasteiger partial charge in [-0.3, -0.25) is 4.90 Å². The summed E-state index contributed by atoms with van der Waals surface area (Å²) in [7, 11) is 3.31. The molecule has 156 valence electrons. The predicted octanol–water partition coefficient (Wildman–Crippen LogP) is 5.42. The number of aryl methyl sites for hydroxylation is 1. The number of hydrogen-bond donors (Lipinski definition) is 0. The van der Waals surface area contributed by atoms with Crippen molar-refractivity contribution in [1.29, 1.82) is 0 Å². The number of benzene rings is 3. The van der Waals surface area contributed by atoms with Gasteiger partial charge < -0.3 is 9.47 Å². The quantitative estimate of drug-likeness (QED) is 0.524. The summed E-state index contributed by atoms with van der Waals surface area (Å²) in [4.78, 5) is 2.46. The van der Waals surface area contributed by atoms with Gasteiger partial charge in [0.25, 0.3) is 0 Å². The molecule has 0 spiro atoms. The first-order valence-corrected chi connectivity index (χ1v) is 10.5. The van der Waals surface area contributed by atoms with Gasteiger partial charge in [0.15, 0.2) is 11.5 Å². The second-order valence-corrected chi connectivity index (χ2v) is 7.74. The standard InChI is InChI=1S/C26H28FNO2/c1-29-24-17-20-13-15-28(14-7-10-19-8-4-3-5-9-19)26(23(20)18-25(24)30-2)21-11-6-12-22(27)16-21/h3-6,8-9,11-12,16-18,26H,7,10,13-15H2,1-2H3/t26-/m1/s1. The molecule has 3 nitrogen and oxygen atoms in total. The minimum absolute atomic E-state index is 0.0000273. The molecule has 0 N–H and O–H groups in total. The van der Waals surface area contributed by atoms with E-state index in [1.807, 2.05) is 12.1 Å². The van der Waals surface area contributed by atoms with Gasteiger partial charge in [-0.15, -0.1) is 0 Å². The first-order valence-electron chi connectivity index (χ1n) is 10.5. The van der Waals surface area contributed by atoms with E-state index in [-0.39, 0.29) is 11.9 Å². The summed E-state index contributed by atoms with van der Waals surface area (Å²) in [5.74, 6) is 1.25. The number of halogens is 1. The summed E-state index contributed by atoms with van der Waals surface area (Å²) in [6.45, 7) is 1.88. The maximum Gasteiger partial charge on any atom is 0.161 e. The normalized spacial score (nSPS) is 16.2. The van der Waals surface area contributed by atoms with E-state index in [4.69, 9.17) is 9.47 Å². The molecule has 1 aliphatic heterocycles. The molecule has 0 aromatic heterocycles. The number of ether oxygens (including phenoxy) is 2. The third kappa shape index (κ3) is 4.34. The SMILES string of the molecule is COc1cc2c(cc1OC)[C@@H](c1cccc(F)c1)N(CCCc1ccccc1)CC2. The third-order valence-corrected chi connectivity index (χ3v) is 5.89. The second kappa shape index (κ2) is 9.31. The number of rotatable bonds is 7. The molecule has 0 saturated carbocycles. The first-order chi connectivity index (χ1) is 14.7. The molecule has 1 atom stereocenters. The molecule has 0 bridgehead atoms. The number of hydrogen-bond acceptors (Lipinski definition) is 3. The van der Waals surface area contributed by atoms with Crippen LogP contribution in [-0.4, -0.2) is 32.2 Å². The molecule has 0 amide bonds. The van der Waals surface area contributed by atoms with Crippen molar-refractivity contribution >= 4 is 0 Å². The Balaban J connectivity index is 1.65. The van der Waals surface area contributed by atoms with Crippen molar-refractivity contribution < 1.29 is 13.9 Å². The van der Waals surface area contributed by atoms with E-state index in [1.54, 1.807) is 26.4 Å². The van der Waals surface area contributed by atoms with Crippen LogP contribution in [0.5, 0.6) is 11.5 Å². The molecule has 1 heterocycles. The minimum Gasteiger partial charge on any atom is -0.493 e. The Bertz CT molecular complexity index is 990. The molecular weight excluding hydrogens is 377 g/mol. The predicted molar refractivity (Wildman–Crippen MR) is 118 cm³/mol. The maximum absolute atomic E-state index is 14.1. The highest BCUT2D eigenvalue weighted by atomic mass is 19.1. The summed E-state index contributed by atoms with van der Waals surface area (Å²) >= 11 is 0. The van der Waals surface area contributed by atoms with Crippen LogP contribution in [0.15, 0.2) is 66.7 Å². The zero-order chi connectivity index (χ0) is 20.9. The van der Waals surface area contributed by atoms with Crippen molar-refractivity contribution in [3.8, 4) is 11.5 Å². The fraction of sp³-hybridized carbons (Fsp3) is 0.308. The fourth-order valence-electron chi connectivity index (χ4n) is 4.44. The van der Waals surface area contributed by atoms with Crippen molar-refractivity contribution in [2.75, 3.05) is 27.3 Å². The van der Waals surface area contributed by atoms with Gasteiger partial charge in [0.05, 0.1) is 20.3 Å². The van der Waals surface area contributed by atoms with Crippen LogP contribution in [0.4, 0.5) is 4.39 Å². The molecule has 1 aliphatic rings. The Morgan fingerprint density at radius 1 is 0.933 bits per heavy atom. The van der Waals surface area contributed by atoms with Gasteiger partial charge >= 0.3 is 0 Å². The highest BCUT2D eigenvalue weighted by molar-refractivity contribution is 5.51. The Hall–Kier alpha value is -2.85. The van der Waals surface area contributed by atoms with Crippen LogP contribution in [0.3, 0.4) is 0 Å². The molecule has 0 unspecified atom stereocenters. The largest absolute Gasteiger partial charge is 0.493 e. The lowest BCUT2D eigenvalue weighted by Crippen LogP contribution is -2.37. The molecule has 30 heavy (non-hydrogen) atoms. The van der Waals surface area contributed by atoms with Crippen LogP contribution in [-0.2, 0) is 12.8 Å². The van der Waals surface area contributed by atoms with E-state index in [0.29, 0.717) is 5.75 Å². The van der Waals surface area contributed by atoms with Crippen LogP contribution < -0.4 is 9.47 Å². The molecule has 3 aromatic rings. The Labute approximate surface area is 178 Å². The summed E-state index contributed by atoms with van der Waals surface area (Å²) in [5, 5.41) is 0. The van der Waals surface area contributed by atoms with Gasteiger partial charge in [-0.2, -0.15) is 0 Å².